The molecule has 0 heterocycles. The summed E-state index contributed by atoms with van der Waals surface area (Å²) in [4.78, 5) is 11.2. The van der Waals surface area contributed by atoms with Crippen LogP contribution in [0.3, 0.4) is 0 Å². The Morgan fingerprint density at radius 3 is 2.16 bits per heavy atom. The van der Waals surface area contributed by atoms with Gasteiger partial charge in [0.15, 0.2) is 0 Å². The number of carbonyl (C=O) groups is 1. The number of benzene rings is 1. The van der Waals surface area contributed by atoms with E-state index in [2.05, 4.69) is 27.7 Å². The highest BCUT2D eigenvalue weighted by Gasteiger charge is 2.46. The molecule has 1 aliphatic rings. The lowest BCUT2D eigenvalue weighted by atomic mass is 9.68. The normalized spacial score (nSPS) is 18.3. The van der Waals surface area contributed by atoms with Crippen molar-refractivity contribution in [2.24, 2.45) is 5.41 Å². The van der Waals surface area contributed by atoms with Crippen LogP contribution in [0, 0.1) is 12.3 Å². The number of hydrogen-bond donors (Lipinski definition) is 1. The fraction of sp³-hybridized carbons (Fsp3) is 0.588. The largest absolute Gasteiger partial charge is 0.478 e. The lowest BCUT2D eigenvalue weighted by Gasteiger charge is -2.36. The summed E-state index contributed by atoms with van der Waals surface area (Å²) in [5, 5.41) is 9.20. The minimum Gasteiger partial charge on any atom is -0.478 e. The van der Waals surface area contributed by atoms with Gasteiger partial charge in [-0.15, -0.1) is 0 Å². The van der Waals surface area contributed by atoms with Crippen LogP contribution in [0.5, 0.6) is 0 Å². The first-order chi connectivity index (χ1) is 8.68. The first kappa shape index (κ1) is 15.7. The highest BCUT2D eigenvalue weighted by Crippen LogP contribution is 2.52. The van der Waals surface area contributed by atoms with Crippen molar-refractivity contribution in [2.75, 3.05) is 0 Å². The van der Waals surface area contributed by atoms with Crippen molar-refractivity contribution in [1.29, 1.82) is 0 Å². The minimum atomic E-state index is -0.828. The maximum Gasteiger partial charge on any atom is 0.335 e. The van der Waals surface area contributed by atoms with Gasteiger partial charge in [0, 0.05) is 0 Å². The van der Waals surface area contributed by atoms with Gasteiger partial charge in [-0.2, -0.15) is 0 Å². The van der Waals surface area contributed by atoms with Crippen LogP contribution in [0.15, 0.2) is 12.1 Å². The summed E-state index contributed by atoms with van der Waals surface area (Å²) in [6, 6.07) is 3.73. The van der Waals surface area contributed by atoms with Crippen molar-refractivity contribution in [2.45, 2.75) is 60.3 Å². The Morgan fingerprint density at radius 1 is 1.16 bits per heavy atom. The predicted octanol–water partition coefficient (Wildman–Crippen LogP) is 4.58. The zero-order valence-corrected chi connectivity index (χ0v) is 13.2. The highest BCUT2D eigenvalue weighted by molar-refractivity contribution is 5.90. The molecule has 2 rings (SSSR count). The monoisotopic (exact) mass is 262 g/mol. The van der Waals surface area contributed by atoms with Gasteiger partial charge in [-0.05, 0) is 46.9 Å². The van der Waals surface area contributed by atoms with Gasteiger partial charge in [-0.3, -0.25) is 0 Å². The van der Waals surface area contributed by atoms with Crippen LogP contribution in [0.2, 0.25) is 0 Å². The summed E-state index contributed by atoms with van der Waals surface area (Å²) >= 11 is 0. The number of carboxylic acids is 1. The molecule has 0 spiro atoms. The smallest absolute Gasteiger partial charge is 0.335 e. The number of carboxylic acid groups (broad SMARTS) is 1. The standard InChI is InChI=1S/C15H20O2.C2H6/c1-9-11(13(16)17)7-6-10-8-14(2,3)15(4,5)12(9)10;1-2/h6-7H,8H2,1-5H3,(H,16,17);1-2H3. The second kappa shape index (κ2) is 4.99. The van der Waals surface area contributed by atoms with E-state index in [0.29, 0.717) is 5.56 Å². The summed E-state index contributed by atoms with van der Waals surface area (Å²) in [5.74, 6) is -0.828. The van der Waals surface area contributed by atoms with Gasteiger partial charge >= 0.3 is 5.97 Å². The molecule has 2 nitrogen and oxygen atoms in total. The maximum atomic E-state index is 11.2. The first-order valence-electron chi connectivity index (χ1n) is 7.05. The molecule has 0 aliphatic heterocycles. The minimum absolute atomic E-state index is 0.0257. The van der Waals surface area contributed by atoms with Crippen LogP contribution < -0.4 is 0 Å². The topological polar surface area (TPSA) is 37.3 Å². The van der Waals surface area contributed by atoms with E-state index in [1.807, 2.05) is 26.8 Å². The van der Waals surface area contributed by atoms with Crippen LogP contribution in [0.1, 0.15) is 68.6 Å². The third-order valence-electron chi connectivity index (χ3n) is 4.73. The van der Waals surface area contributed by atoms with Crippen LogP contribution in [-0.4, -0.2) is 11.1 Å². The number of aromatic carboxylic acids is 1. The van der Waals surface area contributed by atoms with Gasteiger partial charge in [0.05, 0.1) is 5.56 Å². The molecule has 1 aromatic rings. The second-order valence-corrected chi connectivity index (χ2v) is 6.26. The van der Waals surface area contributed by atoms with E-state index in [-0.39, 0.29) is 10.8 Å². The van der Waals surface area contributed by atoms with E-state index in [4.69, 9.17) is 0 Å². The molecule has 0 aromatic heterocycles. The Morgan fingerprint density at radius 2 is 1.68 bits per heavy atom. The summed E-state index contributed by atoms with van der Waals surface area (Å²) in [6.45, 7) is 14.9. The SMILES string of the molecule is CC.Cc1c(C(=O)O)ccc2c1C(C)(C)C(C)(C)C2. The molecule has 2 heteroatoms. The quantitative estimate of drug-likeness (QED) is 0.804. The lowest BCUT2D eigenvalue weighted by molar-refractivity contribution is 0.0696. The third kappa shape index (κ3) is 2.29. The fourth-order valence-electron chi connectivity index (χ4n) is 3.05. The Balaban J connectivity index is 0.000000861. The molecule has 0 saturated heterocycles. The second-order valence-electron chi connectivity index (χ2n) is 6.26. The number of hydrogen-bond acceptors (Lipinski definition) is 1. The van der Waals surface area contributed by atoms with Crippen molar-refractivity contribution in [3.63, 3.8) is 0 Å². The summed E-state index contributed by atoms with van der Waals surface area (Å²) in [7, 11) is 0. The average molecular weight is 262 g/mol. The van der Waals surface area contributed by atoms with Crippen LogP contribution in [-0.2, 0) is 11.8 Å². The van der Waals surface area contributed by atoms with Crippen LogP contribution in [0.25, 0.3) is 0 Å². The van der Waals surface area contributed by atoms with Crippen molar-refractivity contribution in [3.8, 4) is 0 Å². The first-order valence-corrected chi connectivity index (χ1v) is 7.05. The van der Waals surface area contributed by atoms with E-state index >= 15 is 0 Å². The molecule has 0 unspecified atom stereocenters. The third-order valence-corrected chi connectivity index (χ3v) is 4.73. The fourth-order valence-corrected chi connectivity index (χ4v) is 3.05. The molecular weight excluding hydrogens is 236 g/mol. The Hall–Kier alpha value is -1.31. The zero-order chi connectivity index (χ0) is 15.0. The predicted molar refractivity (Wildman–Crippen MR) is 80.0 cm³/mol. The van der Waals surface area contributed by atoms with Crippen molar-refractivity contribution in [3.05, 3.63) is 34.4 Å². The molecule has 19 heavy (non-hydrogen) atoms. The summed E-state index contributed by atoms with van der Waals surface area (Å²) < 4.78 is 0. The van der Waals surface area contributed by atoms with Gasteiger partial charge < -0.3 is 5.11 Å². The molecule has 106 valence electrons. The van der Waals surface area contributed by atoms with Crippen molar-refractivity contribution < 1.29 is 9.90 Å². The van der Waals surface area contributed by atoms with E-state index in [1.165, 1.54) is 11.1 Å². The highest BCUT2D eigenvalue weighted by atomic mass is 16.4. The van der Waals surface area contributed by atoms with Crippen LogP contribution >= 0.6 is 0 Å². The van der Waals surface area contributed by atoms with Gasteiger partial charge in [-0.1, -0.05) is 47.6 Å². The molecular formula is C17H26O2. The van der Waals surface area contributed by atoms with Crippen molar-refractivity contribution in [1.82, 2.24) is 0 Å². The molecule has 0 fully saturated rings. The van der Waals surface area contributed by atoms with E-state index < -0.39 is 5.97 Å². The molecule has 0 radical (unpaired) electrons. The number of rotatable bonds is 1. The molecule has 0 bridgehead atoms. The molecule has 0 atom stereocenters. The van der Waals surface area contributed by atoms with Gasteiger partial charge in [0.2, 0.25) is 0 Å². The van der Waals surface area contributed by atoms with Crippen LogP contribution in [0.4, 0.5) is 0 Å². The van der Waals surface area contributed by atoms with E-state index in [9.17, 15) is 9.90 Å². The lowest BCUT2D eigenvalue weighted by Crippen LogP contribution is -2.32. The molecule has 0 saturated carbocycles. The Bertz CT molecular complexity index is 496. The molecule has 1 aliphatic carbocycles. The zero-order valence-electron chi connectivity index (χ0n) is 13.2. The summed E-state index contributed by atoms with van der Waals surface area (Å²) in [6.07, 6.45) is 1.02. The van der Waals surface area contributed by atoms with E-state index in [0.717, 1.165) is 12.0 Å². The summed E-state index contributed by atoms with van der Waals surface area (Å²) in [5.41, 5.74) is 4.12. The van der Waals surface area contributed by atoms with Crippen molar-refractivity contribution >= 4 is 5.97 Å². The number of fused-ring (bicyclic) bond motifs is 1. The van der Waals surface area contributed by atoms with Gasteiger partial charge in [-0.25, -0.2) is 4.79 Å². The average Bonchev–Trinajstić information content (AvgIpc) is 2.48. The molecule has 1 N–H and O–H groups in total. The van der Waals surface area contributed by atoms with E-state index in [1.54, 1.807) is 6.07 Å². The Labute approximate surface area is 116 Å². The molecule has 0 amide bonds. The Kier molecular flexibility index (Phi) is 4.14. The van der Waals surface area contributed by atoms with Gasteiger partial charge in [0.1, 0.15) is 0 Å². The maximum absolute atomic E-state index is 11.2. The molecule has 1 aromatic carbocycles. The van der Waals surface area contributed by atoms with Gasteiger partial charge in [0.25, 0.3) is 0 Å².